The van der Waals surface area contributed by atoms with E-state index < -0.39 is 6.04 Å². The Hall–Kier alpha value is -4.33. The molecule has 1 aliphatic rings. The Balaban J connectivity index is 1.51. The van der Waals surface area contributed by atoms with Crippen LogP contribution < -0.4 is 10.5 Å². The lowest BCUT2D eigenvalue weighted by Crippen LogP contribution is -2.34. The van der Waals surface area contributed by atoms with Crippen LogP contribution in [0.15, 0.2) is 77.6 Å². The molecule has 0 bridgehead atoms. The molecule has 0 radical (unpaired) electrons. The molecule has 1 unspecified atom stereocenters. The summed E-state index contributed by atoms with van der Waals surface area (Å²) in [6, 6.07) is 21.9. The van der Waals surface area contributed by atoms with E-state index in [4.69, 9.17) is 0 Å². The Morgan fingerprint density at radius 3 is 2.74 bits per heavy atom. The van der Waals surface area contributed by atoms with Crippen molar-refractivity contribution in [2.45, 2.75) is 25.9 Å². The average molecular weight is 467 g/mol. The van der Waals surface area contributed by atoms with Gasteiger partial charge in [-0.3, -0.25) is 4.79 Å². The summed E-state index contributed by atoms with van der Waals surface area (Å²) < 4.78 is 15.1. The monoisotopic (exact) mass is 466 g/mol. The molecule has 8 heteroatoms. The van der Waals surface area contributed by atoms with Gasteiger partial charge in [0.1, 0.15) is 11.9 Å². The topological polar surface area (TPSA) is 79.7 Å². The third-order valence-electron chi connectivity index (χ3n) is 6.61. The van der Waals surface area contributed by atoms with Gasteiger partial charge in [0, 0.05) is 23.3 Å². The van der Waals surface area contributed by atoms with E-state index >= 15 is 0 Å². The zero-order valence-electron chi connectivity index (χ0n) is 19.1. The molecule has 0 spiro atoms. The second-order valence-electron chi connectivity index (χ2n) is 8.94. The Labute approximate surface area is 200 Å². The van der Waals surface area contributed by atoms with Crippen LogP contribution in [0, 0.1) is 12.7 Å². The quantitative estimate of drug-likeness (QED) is 0.421. The molecule has 0 fully saturated rings. The summed E-state index contributed by atoms with van der Waals surface area (Å²) in [5.41, 5.74) is 5.44. The first-order valence-electron chi connectivity index (χ1n) is 11.6. The van der Waals surface area contributed by atoms with Crippen LogP contribution in [0.25, 0.3) is 10.9 Å². The number of anilines is 1. The van der Waals surface area contributed by atoms with Crippen molar-refractivity contribution in [3.8, 4) is 0 Å². The summed E-state index contributed by atoms with van der Waals surface area (Å²) in [5, 5.41) is 13.5. The molecule has 174 valence electrons. The van der Waals surface area contributed by atoms with Crippen molar-refractivity contribution in [2.24, 2.45) is 0 Å². The molecule has 2 aromatic heterocycles. The van der Waals surface area contributed by atoms with Crippen LogP contribution in [0.4, 0.5) is 10.1 Å². The number of tetrazole rings is 1. The number of aryl methyl sites for hydroxylation is 1. The first kappa shape index (κ1) is 21.2. The van der Waals surface area contributed by atoms with Gasteiger partial charge in [0.05, 0.1) is 6.54 Å². The zero-order valence-corrected chi connectivity index (χ0v) is 19.1. The SMILES string of the molecule is Cc1ccc2cc(C(c3nnnn3Cc3ccc(F)cc3)N3CCc4ccccc43)c(=O)[nH]c2c1. The number of nitrogens with one attached hydrogen (secondary N) is 1. The van der Waals surface area contributed by atoms with E-state index in [1.165, 1.54) is 17.7 Å². The standard InChI is InChI=1S/C27H23FN6O/c1-17-6-9-20-15-22(27(35)29-23(20)14-17)25(33-13-12-19-4-2-3-5-24(19)33)26-30-31-32-34(26)16-18-7-10-21(28)11-8-18/h2-11,14-15,25H,12-13,16H2,1H3,(H,29,35). The first-order valence-corrected chi connectivity index (χ1v) is 11.6. The van der Waals surface area contributed by atoms with Gasteiger partial charge in [0.2, 0.25) is 0 Å². The molecular formula is C27H23FN6O. The number of hydrogen-bond donors (Lipinski definition) is 1. The van der Waals surface area contributed by atoms with Gasteiger partial charge in [0.15, 0.2) is 5.82 Å². The van der Waals surface area contributed by atoms with Crippen LogP contribution >= 0.6 is 0 Å². The lowest BCUT2D eigenvalue weighted by molar-refractivity contribution is 0.576. The maximum atomic E-state index is 13.5. The van der Waals surface area contributed by atoms with Crippen LogP contribution in [-0.4, -0.2) is 31.7 Å². The van der Waals surface area contributed by atoms with E-state index in [9.17, 15) is 9.18 Å². The van der Waals surface area contributed by atoms with Crippen LogP contribution in [0.5, 0.6) is 0 Å². The van der Waals surface area contributed by atoms with E-state index in [1.54, 1.807) is 16.8 Å². The second-order valence-corrected chi connectivity index (χ2v) is 8.94. The molecule has 0 amide bonds. The second kappa shape index (κ2) is 8.47. The minimum Gasteiger partial charge on any atom is -0.357 e. The van der Waals surface area contributed by atoms with Crippen molar-refractivity contribution < 1.29 is 4.39 Å². The number of H-pyrrole nitrogens is 1. The van der Waals surface area contributed by atoms with Crippen molar-refractivity contribution in [1.29, 1.82) is 0 Å². The van der Waals surface area contributed by atoms with Crippen LogP contribution in [0.1, 0.15) is 34.1 Å². The number of halogens is 1. The molecule has 3 aromatic carbocycles. The molecule has 1 aliphatic heterocycles. The Kier molecular flexibility index (Phi) is 5.13. The molecule has 6 rings (SSSR count). The summed E-state index contributed by atoms with van der Waals surface area (Å²) in [6.45, 7) is 3.09. The maximum Gasteiger partial charge on any atom is 0.254 e. The Morgan fingerprint density at radius 2 is 1.89 bits per heavy atom. The van der Waals surface area contributed by atoms with Gasteiger partial charge >= 0.3 is 0 Å². The number of aromatic amines is 1. The third-order valence-corrected chi connectivity index (χ3v) is 6.61. The number of benzene rings is 3. The highest BCUT2D eigenvalue weighted by molar-refractivity contribution is 5.80. The summed E-state index contributed by atoms with van der Waals surface area (Å²) in [4.78, 5) is 18.7. The highest BCUT2D eigenvalue weighted by atomic mass is 19.1. The molecule has 5 aromatic rings. The number of pyridine rings is 1. The molecule has 35 heavy (non-hydrogen) atoms. The molecule has 7 nitrogen and oxygen atoms in total. The lowest BCUT2D eigenvalue weighted by Gasteiger charge is -2.29. The molecular weight excluding hydrogens is 443 g/mol. The highest BCUT2D eigenvalue weighted by Gasteiger charge is 2.34. The van der Waals surface area contributed by atoms with Crippen LogP contribution in [0.2, 0.25) is 0 Å². The normalized spacial score (nSPS) is 13.8. The van der Waals surface area contributed by atoms with Gasteiger partial charge in [0.25, 0.3) is 5.56 Å². The minimum absolute atomic E-state index is 0.172. The maximum absolute atomic E-state index is 13.5. The fraction of sp³-hybridized carbons (Fsp3) is 0.185. The number of hydrogen-bond acceptors (Lipinski definition) is 5. The Morgan fingerprint density at radius 1 is 1.06 bits per heavy atom. The first-order chi connectivity index (χ1) is 17.1. The molecule has 0 aliphatic carbocycles. The van der Waals surface area contributed by atoms with Gasteiger partial charge in [-0.2, -0.15) is 0 Å². The average Bonchev–Trinajstić information content (AvgIpc) is 3.49. The number of para-hydroxylation sites is 1. The van der Waals surface area contributed by atoms with Crippen molar-refractivity contribution in [3.05, 3.63) is 117 Å². The van der Waals surface area contributed by atoms with E-state index in [1.807, 2.05) is 43.3 Å². The van der Waals surface area contributed by atoms with Crippen molar-refractivity contribution in [2.75, 3.05) is 11.4 Å². The molecule has 0 saturated heterocycles. The molecule has 1 N–H and O–H groups in total. The summed E-state index contributed by atoms with van der Waals surface area (Å²) in [6.07, 6.45) is 0.872. The minimum atomic E-state index is -0.497. The predicted molar refractivity (Wildman–Crippen MR) is 132 cm³/mol. The molecule has 0 saturated carbocycles. The van der Waals surface area contributed by atoms with Crippen LogP contribution in [0.3, 0.4) is 0 Å². The van der Waals surface area contributed by atoms with E-state index in [2.05, 4.69) is 37.5 Å². The highest BCUT2D eigenvalue weighted by Crippen LogP contribution is 2.37. The molecule has 3 heterocycles. The summed E-state index contributed by atoms with van der Waals surface area (Å²) in [7, 11) is 0. The largest absolute Gasteiger partial charge is 0.357 e. The zero-order chi connectivity index (χ0) is 23.9. The van der Waals surface area contributed by atoms with Gasteiger partial charge in [-0.1, -0.05) is 42.5 Å². The summed E-state index contributed by atoms with van der Waals surface area (Å²) >= 11 is 0. The van der Waals surface area contributed by atoms with Gasteiger partial charge in [-0.15, -0.1) is 5.10 Å². The van der Waals surface area contributed by atoms with Crippen molar-refractivity contribution >= 4 is 16.6 Å². The number of nitrogens with zero attached hydrogens (tertiary/aromatic N) is 5. The third kappa shape index (κ3) is 3.86. The molecule has 1 atom stereocenters. The van der Waals surface area contributed by atoms with Gasteiger partial charge in [-0.05, 0) is 76.2 Å². The summed E-state index contributed by atoms with van der Waals surface area (Å²) in [5.74, 6) is 0.262. The predicted octanol–water partition coefficient (Wildman–Crippen LogP) is 4.16. The van der Waals surface area contributed by atoms with E-state index in [0.29, 0.717) is 17.9 Å². The smallest absolute Gasteiger partial charge is 0.254 e. The fourth-order valence-electron chi connectivity index (χ4n) is 4.90. The fourth-order valence-corrected chi connectivity index (χ4v) is 4.90. The van der Waals surface area contributed by atoms with E-state index in [0.717, 1.165) is 40.7 Å². The number of aromatic nitrogens is 5. The van der Waals surface area contributed by atoms with Crippen molar-refractivity contribution in [1.82, 2.24) is 25.2 Å². The van der Waals surface area contributed by atoms with E-state index in [-0.39, 0.29) is 11.4 Å². The van der Waals surface area contributed by atoms with Crippen LogP contribution in [-0.2, 0) is 13.0 Å². The lowest BCUT2D eigenvalue weighted by atomic mass is 10.0. The Bertz CT molecular complexity index is 1590. The van der Waals surface area contributed by atoms with Crippen molar-refractivity contribution in [3.63, 3.8) is 0 Å². The van der Waals surface area contributed by atoms with Gasteiger partial charge < -0.3 is 9.88 Å². The number of rotatable bonds is 5. The van der Waals surface area contributed by atoms with Gasteiger partial charge in [-0.25, -0.2) is 9.07 Å². The number of fused-ring (bicyclic) bond motifs is 2.